The highest BCUT2D eigenvalue weighted by atomic mass is 16.4. The van der Waals surface area contributed by atoms with Crippen molar-refractivity contribution in [2.45, 2.75) is 0 Å². The molecular formula is C9H10N3O5-. The zero-order valence-electron chi connectivity index (χ0n) is 9.24. The Kier molecular flexibility index (Phi) is 3.56. The maximum Gasteiger partial charge on any atom is 0.332 e. The first-order valence-electron chi connectivity index (χ1n) is 4.65. The molecule has 1 fully saturated rings. The number of aliphatic imine (C=N–C) groups is 1. The molecule has 0 aromatic rings. The van der Waals surface area contributed by atoms with Crippen LogP contribution in [-0.4, -0.2) is 60.5 Å². The number of imide groups is 2. The third-order valence-electron chi connectivity index (χ3n) is 2.24. The first kappa shape index (κ1) is 12.8. The van der Waals surface area contributed by atoms with Gasteiger partial charge in [-0.05, 0) is 0 Å². The van der Waals surface area contributed by atoms with E-state index in [0.29, 0.717) is 0 Å². The van der Waals surface area contributed by atoms with E-state index < -0.39 is 36.3 Å². The van der Waals surface area contributed by atoms with Crippen molar-refractivity contribution in [2.24, 2.45) is 10.9 Å². The Hall–Kier alpha value is -2.25. The lowest BCUT2D eigenvalue weighted by atomic mass is 10.1. The summed E-state index contributed by atoms with van der Waals surface area (Å²) in [5.74, 6) is -4.16. The van der Waals surface area contributed by atoms with Crippen molar-refractivity contribution in [3.8, 4) is 0 Å². The summed E-state index contributed by atoms with van der Waals surface area (Å²) in [7, 11) is 2.46. The molecule has 17 heavy (non-hydrogen) atoms. The summed E-state index contributed by atoms with van der Waals surface area (Å²) < 4.78 is 0. The molecule has 0 aliphatic carbocycles. The second kappa shape index (κ2) is 4.73. The van der Waals surface area contributed by atoms with Crippen molar-refractivity contribution in [1.29, 1.82) is 0 Å². The van der Waals surface area contributed by atoms with Crippen molar-refractivity contribution < 1.29 is 24.3 Å². The minimum absolute atomic E-state index is 0.640. The number of hydrogen-bond donors (Lipinski definition) is 0. The number of carboxylic acids is 1. The van der Waals surface area contributed by atoms with E-state index in [4.69, 9.17) is 0 Å². The van der Waals surface area contributed by atoms with Crippen molar-refractivity contribution in [3.63, 3.8) is 0 Å². The highest BCUT2D eigenvalue weighted by Crippen LogP contribution is 2.13. The lowest BCUT2D eigenvalue weighted by molar-refractivity contribution is -0.303. The fourth-order valence-electron chi connectivity index (χ4n) is 1.30. The van der Waals surface area contributed by atoms with Gasteiger partial charge in [0.2, 0.25) is 11.8 Å². The minimum Gasteiger partial charge on any atom is -0.548 e. The van der Waals surface area contributed by atoms with Crippen LogP contribution in [0.2, 0.25) is 0 Å². The molecule has 0 N–H and O–H groups in total. The van der Waals surface area contributed by atoms with Gasteiger partial charge in [-0.1, -0.05) is 0 Å². The van der Waals surface area contributed by atoms with Crippen LogP contribution < -0.4 is 5.11 Å². The van der Waals surface area contributed by atoms with Gasteiger partial charge in [0, 0.05) is 20.3 Å². The zero-order valence-corrected chi connectivity index (χ0v) is 9.24. The Morgan fingerprint density at radius 1 is 1.29 bits per heavy atom. The molecule has 1 aliphatic rings. The summed E-state index contributed by atoms with van der Waals surface area (Å²) in [6.07, 6.45) is 0.917. The van der Waals surface area contributed by atoms with E-state index in [1.54, 1.807) is 0 Å². The molecule has 0 unspecified atom stereocenters. The Morgan fingerprint density at radius 3 is 2.18 bits per heavy atom. The van der Waals surface area contributed by atoms with Gasteiger partial charge in [0.1, 0.15) is 0 Å². The molecule has 0 atom stereocenters. The topological polar surface area (TPSA) is 110 Å². The van der Waals surface area contributed by atoms with Crippen LogP contribution in [0.5, 0.6) is 0 Å². The Morgan fingerprint density at radius 2 is 1.76 bits per heavy atom. The van der Waals surface area contributed by atoms with Crippen LogP contribution in [0.25, 0.3) is 0 Å². The third-order valence-corrected chi connectivity index (χ3v) is 2.24. The second-order valence-electron chi connectivity index (χ2n) is 3.42. The Labute approximate surface area is 96.5 Å². The smallest absolute Gasteiger partial charge is 0.332 e. The number of aliphatic carboxylic acids is 1. The number of carbonyl (C=O) groups excluding carboxylic acids is 4. The number of carbonyl (C=O) groups is 4. The summed E-state index contributed by atoms with van der Waals surface area (Å²) in [5.41, 5.74) is 0. The van der Waals surface area contributed by atoms with Gasteiger partial charge in [0.15, 0.2) is 5.92 Å². The van der Waals surface area contributed by atoms with Gasteiger partial charge in [-0.2, -0.15) is 0 Å². The van der Waals surface area contributed by atoms with E-state index in [0.717, 1.165) is 16.0 Å². The third kappa shape index (κ3) is 2.47. The monoisotopic (exact) mass is 240 g/mol. The van der Waals surface area contributed by atoms with E-state index in [9.17, 15) is 24.3 Å². The van der Waals surface area contributed by atoms with Gasteiger partial charge in [-0.15, -0.1) is 0 Å². The van der Waals surface area contributed by atoms with Gasteiger partial charge in [-0.3, -0.25) is 24.4 Å². The van der Waals surface area contributed by atoms with E-state index >= 15 is 0 Å². The van der Waals surface area contributed by atoms with Gasteiger partial charge in [0.25, 0.3) is 0 Å². The van der Waals surface area contributed by atoms with Gasteiger partial charge < -0.3 is 9.90 Å². The SMILES string of the molecule is CN1C(=O)C(C=NCC(=O)[O-])C(=O)N(C)C1=O. The summed E-state index contributed by atoms with van der Waals surface area (Å²) in [5, 5.41) is 10.1. The maximum absolute atomic E-state index is 11.6. The molecule has 0 radical (unpaired) electrons. The fraction of sp³-hybridized carbons (Fsp3) is 0.444. The first-order chi connectivity index (χ1) is 7.86. The van der Waals surface area contributed by atoms with E-state index in [1.807, 2.05) is 0 Å². The molecule has 4 amide bonds. The standard InChI is InChI=1S/C9H11N3O5/c1-11-7(15)5(3-10-4-6(13)14)8(16)12(2)9(11)17/h3,5H,4H2,1-2H3,(H,13,14)/p-1. The van der Waals surface area contributed by atoms with Crippen LogP contribution >= 0.6 is 0 Å². The number of nitrogens with zero attached hydrogens (tertiary/aromatic N) is 3. The van der Waals surface area contributed by atoms with Crippen LogP contribution in [-0.2, 0) is 14.4 Å². The summed E-state index contributed by atoms with van der Waals surface area (Å²) in [6, 6.07) is -0.732. The zero-order chi connectivity index (χ0) is 13.2. The Balaban J connectivity index is 2.87. The van der Waals surface area contributed by atoms with Crippen LogP contribution in [0, 0.1) is 5.92 Å². The minimum atomic E-state index is -1.42. The van der Waals surface area contributed by atoms with Crippen LogP contribution in [0.3, 0.4) is 0 Å². The molecule has 1 heterocycles. The molecular weight excluding hydrogens is 230 g/mol. The molecule has 1 aliphatic heterocycles. The van der Waals surface area contributed by atoms with Crippen molar-refractivity contribution in [1.82, 2.24) is 9.80 Å². The fourth-order valence-corrected chi connectivity index (χ4v) is 1.30. The number of barbiturate groups is 1. The molecule has 8 nitrogen and oxygen atoms in total. The number of hydrogen-bond acceptors (Lipinski definition) is 6. The average Bonchev–Trinajstić information content (AvgIpc) is 2.28. The number of carboxylic acid groups (broad SMARTS) is 1. The number of rotatable bonds is 3. The highest BCUT2D eigenvalue weighted by molar-refractivity contribution is 6.23. The molecule has 0 saturated carbocycles. The predicted octanol–water partition coefficient (Wildman–Crippen LogP) is -2.53. The van der Waals surface area contributed by atoms with Crippen LogP contribution in [0.1, 0.15) is 0 Å². The number of amides is 4. The lowest BCUT2D eigenvalue weighted by Gasteiger charge is -2.31. The largest absolute Gasteiger partial charge is 0.548 e. The maximum atomic E-state index is 11.6. The van der Waals surface area contributed by atoms with E-state index in [2.05, 4.69) is 4.99 Å². The van der Waals surface area contributed by atoms with Crippen molar-refractivity contribution >= 4 is 30.0 Å². The lowest BCUT2D eigenvalue weighted by Crippen LogP contribution is -2.57. The predicted molar refractivity (Wildman–Crippen MR) is 52.8 cm³/mol. The van der Waals surface area contributed by atoms with Gasteiger partial charge in [-0.25, -0.2) is 4.79 Å². The van der Waals surface area contributed by atoms with E-state index in [-0.39, 0.29) is 0 Å². The van der Waals surface area contributed by atoms with Crippen molar-refractivity contribution in [2.75, 3.05) is 20.6 Å². The normalized spacial score (nSPS) is 18.4. The molecule has 1 saturated heterocycles. The van der Waals surface area contributed by atoms with Crippen molar-refractivity contribution in [3.05, 3.63) is 0 Å². The molecule has 8 heteroatoms. The second-order valence-corrected chi connectivity index (χ2v) is 3.42. The van der Waals surface area contributed by atoms with Gasteiger partial charge >= 0.3 is 6.03 Å². The average molecular weight is 240 g/mol. The quantitative estimate of drug-likeness (QED) is 0.399. The highest BCUT2D eigenvalue weighted by Gasteiger charge is 2.41. The van der Waals surface area contributed by atoms with Crippen LogP contribution in [0.15, 0.2) is 4.99 Å². The first-order valence-corrected chi connectivity index (χ1v) is 4.65. The van der Waals surface area contributed by atoms with Crippen LogP contribution in [0.4, 0.5) is 4.79 Å². The summed E-state index contributed by atoms with van der Waals surface area (Å²) >= 11 is 0. The number of urea groups is 1. The molecule has 0 aromatic carbocycles. The summed E-state index contributed by atoms with van der Waals surface area (Å²) in [6.45, 7) is -0.640. The molecule has 0 bridgehead atoms. The van der Waals surface area contributed by atoms with Gasteiger partial charge in [0.05, 0.1) is 12.5 Å². The molecule has 92 valence electrons. The molecule has 0 aromatic heterocycles. The summed E-state index contributed by atoms with van der Waals surface area (Å²) in [4.78, 5) is 49.5. The molecule has 1 rings (SSSR count). The Bertz CT molecular complexity index is 393. The molecule has 0 spiro atoms. The van der Waals surface area contributed by atoms with E-state index in [1.165, 1.54) is 14.1 Å².